The number of aliphatic imine (C=N–C) groups is 1. The smallest absolute Gasteiger partial charge is 0.233 e. The van der Waals surface area contributed by atoms with Crippen molar-refractivity contribution in [2.75, 3.05) is 39.8 Å². The zero-order chi connectivity index (χ0) is 20.4. The molecule has 1 heterocycles. The molecule has 2 rings (SSSR count). The normalized spacial score (nSPS) is 16.5. The number of hydrogen-bond acceptors (Lipinski definition) is 4. The number of ether oxygens (including phenoxy) is 1. The predicted molar refractivity (Wildman–Crippen MR) is 130 cm³/mol. The van der Waals surface area contributed by atoms with Gasteiger partial charge in [-0.15, -0.1) is 24.0 Å². The van der Waals surface area contributed by atoms with Crippen molar-refractivity contribution in [3.63, 3.8) is 0 Å². The second-order valence-electron chi connectivity index (χ2n) is 6.97. The van der Waals surface area contributed by atoms with Crippen LogP contribution >= 0.6 is 35.6 Å². The number of halogens is 2. The van der Waals surface area contributed by atoms with E-state index in [1.165, 1.54) is 0 Å². The SMILES string of the molecule is CCNC(=NCC(C)Oc1cccc(Cl)c1)NC1CCN(CC(=O)NC)CC1.I. The minimum atomic E-state index is -0.0664. The van der Waals surface area contributed by atoms with Crippen LogP contribution < -0.4 is 20.7 Å². The summed E-state index contributed by atoms with van der Waals surface area (Å²) in [5.41, 5.74) is 0. The van der Waals surface area contributed by atoms with E-state index in [0.29, 0.717) is 24.2 Å². The first kappa shape index (κ1) is 25.8. The van der Waals surface area contributed by atoms with Gasteiger partial charge in [-0.05, 0) is 44.9 Å². The van der Waals surface area contributed by atoms with Gasteiger partial charge in [0, 0.05) is 37.7 Å². The summed E-state index contributed by atoms with van der Waals surface area (Å²) in [7, 11) is 1.67. The third kappa shape index (κ3) is 9.86. The Morgan fingerprint density at radius 3 is 2.72 bits per heavy atom. The lowest BCUT2D eigenvalue weighted by atomic mass is 10.1. The van der Waals surface area contributed by atoms with Crippen LogP contribution in [0.1, 0.15) is 26.7 Å². The molecule has 1 aromatic rings. The number of carbonyl (C=O) groups excluding carboxylic acids is 1. The van der Waals surface area contributed by atoms with Crippen LogP contribution in [-0.2, 0) is 4.79 Å². The first-order valence-corrected chi connectivity index (χ1v) is 10.3. The number of piperidine rings is 1. The molecular weight excluding hydrogens is 505 g/mol. The van der Waals surface area contributed by atoms with Crippen LogP contribution in [0, 0.1) is 0 Å². The minimum absolute atomic E-state index is 0. The second-order valence-corrected chi connectivity index (χ2v) is 7.41. The molecule has 1 aromatic carbocycles. The molecule has 1 aliphatic rings. The van der Waals surface area contributed by atoms with Crippen LogP contribution in [0.5, 0.6) is 5.75 Å². The maximum atomic E-state index is 11.5. The largest absolute Gasteiger partial charge is 0.489 e. The van der Waals surface area contributed by atoms with Crippen molar-refractivity contribution in [3.05, 3.63) is 29.3 Å². The van der Waals surface area contributed by atoms with E-state index in [0.717, 1.165) is 44.2 Å². The number of carbonyl (C=O) groups is 1. The van der Waals surface area contributed by atoms with E-state index in [9.17, 15) is 4.79 Å². The van der Waals surface area contributed by atoms with E-state index < -0.39 is 0 Å². The van der Waals surface area contributed by atoms with Gasteiger partial charge in [0.2, 0.25) is 5.91 Å². The maximum Gasteiger partial charge on any atom is 0.233 e. The molecule has 1 aliphatic heterocycles. The second kappa shape index (κ2) is 13.9. The molecule has 0 spiro atoms. The molecule has 0 radical (unpaired) electrons. The number of likely N-dealkylation sites (N-methyl/N-ethyl adjacent to an activating group) is 1. The van der Waals surface area contributed by atoms with Crippen LogP contribution in [0.3, 0.4) is 0 Å². The first-order valence-electron chi connectivity index (χ1n) is 9.90. The lowest BCUT2D eigenvalue weighted by molar-refractivity contribution is -0.122. The van der Waals surface area contributed by atoms with Gasteiger partial charge in [-0.2, -0.15) is 0 Å². The van der Waals surface area contributed by atoms with E-state index in [4.69, 9.17) is 16.3 Å². The third-order valence-electron chi connectivity index (χ3n) is 4.56. The van der Waals surface area contributed by atoms with Gasteiger partial charge in [-0.3, -0.25) is 9.69 Å². The summed E-state index contributed by atoms with van der Waals surface area (Å²) in [5, 5.41) is 10.1. The van der Waals surface area contributed by atoms with Crippen molar-refractivity contribution in [2.24, 2.45) is 4.99 Å². The number of guanidine groups is 1. The highest BCUT2D eigenvalue weighted by Gasteiger charge is 2.21. The summed E-state index contributed by atoms with van der Waals surface area (Å²) in [6.45, 7) is 7.65. The highest BCUT2D eigenvalue weighted by molar-refractivity contribution is 14.0. The van der Waals surface area contributed by atoms with Crippen molar-refractivity contribution in [1.82, 2.24) is 20.9 Å². The average molecular weight is 538 g/mol. The number of rotatable bonds is 8. The van der Waals surface area contributed by atoms with Gasteiger partial charge in [-0.25, -0.2) is 4.99 Å². The summed E-state index contributed by atoms with van der Waals surface area (Å²) in [6.07, 6.45) is 1.90. The van der Waals surface area contributed by atoms with E-state index in [-0.39, 0.29) is 36.0 Å². The Labute approximate surface area is 196 Å². The molecule has 1 amide bonds. The van der Waals surface area contributed by atoms with Crippen LogP contribution in [0.4, 0.5) is 0 Å². The number of amides is 1. The van der Waals surface area contributed by atoms with Crippen molar-refractivity contribution < 1.29 is 9.53 Å². The number of hydrogen-bond donors (Lipinski definition) is 3. The summed E-state index contributed by atoms with van der Waals surface area (Å²) < 4.78 is 5.88. The van der Waals surface area contributed by atoms with Gasteiger partial charge in [-0.1, -0.05) is 17.7 Å². The zero-order valence-electron chi connectivity index (χ0n) is 17.4. The molecule has 3 N–H and O–H groups in total. The fraction of sp³-hybridized carbons (Fsp3) is 0.600. The first-order chi connectivity index (χ1) is 13.5. The van der Waals surface area contributed by atoms with Crippen molar-refractivity contribution in [1.29, 1.82) is 0 Å². The molecule has 1 atom stereocenters. The Bertz CT molecular complexity index is 654. The van der Waals surface area contributed by atoms with Gasteiger partial charge >= 0.3 is 0 Å². The standard InChI is InChI=1S/C20H32ClN5O2.HI/c1-4-23-20(24-13-15(2)28-18-7-5-6-16(21)12-18)25-17-8-10-26(11-9-17)14-19(27)22-3;/h5-7,12,15,17H,4,8-11,13-14H2,1-3H3,(H,22,27)(H2,23,24,25);1H. The van der Waals surface area contributed by atoms with E-state index in [1.54, 1.807) is 13.1 Å². The summed E-state index contributed by atoms with van der Waals surface area (Å²) in [4.78, 5) is 18.4. The summed E-state index contributed by atoms with van der Waals surface area (Å²) in [5.74, 6) is 1.61. The molecule has 0 aliphatic carbocycles. The number of benzene rings is 1. The van der Waals surface area contributed by atoms with E-state index in [2.05, 4.69) is 32.8 Å². The fourth-order valence-electron chi connectivity index (χ4n) is 3.06. The topological polar surface area (TPSA) is 78.0 Å². The average Bonchev–Trinajstić information content (AvgIpc) is 2.67. The number of nitrogens with one attached hydrogen (secondary N) is 3. The Hall–Kier alpha value is -1.26. The van der Waals surface area contributed by atoms with Crippen LogP contribution in [0.15, 0.2) is 29.3 Å². The van der Waals surface area contributed by atoms with Crippen LogP contribution in [0.25, 0.3) is 0 Å². The lowest BCUT2D eigenvalue weighted by Gasteiger charge is -2.32. The monoisotopic (exact) mass is 537 g/mol. The Kier molecular flexibility index (Phi) is 12.3. The highest BCUT2D eigenvalue weighted by atomic mass is 127. The summed E-state index contributed by atoms with van der Waals surface area (Å²) >= 11 is 6.00. The predicted octanol–water partition coefficient (Wildman–Crippen LogP) is 2.49. The minimum Gasteiger partial charge on any atom is -0.489 e. The molecular formula is C20H33ClIN5O2. The molecule has 1 unspecified atom stereocenters. The Morgan fingerprint density at radius 1 is 1.38 bits per heavy atom. The quantitative estimate of drug-likeness (QED) is 0.270. The number of likely N-dealkylation sites (tertiary alicyclic amines) is 1. The van der Waals surface area contributed by atoms with Gasteiger partial charge in [0.1, 0.15) is 11.9 Å². The van der Waals surface area contributed by atoms with Crippen molar-refractivity contribution in [3.8, 4) is 5.75 Å². The fourth-order valence-corrected chi connectivity index (χ4v) is 3.24. The Balaban J connectivity index is 0.00000420. The van der Waals surface area contributed by atoms with Crippen molar-refractivity contribution >= 4 is 47.4 Å². The molecule has 164 valence electrons. The molecule has 1 saturated heterocycles. The third-order valence-corrected chi connectivity index (χ3v) is 4.79. The van der Waals surface area contributed by atoms with Gasteiger partial charge in [0.05, 0.1) is 13.1 Å². The molecule has 0 bridgehead atoms. The molecule has 7 nitrogen and oxygen atoms in total. The van der Waals surface area contributed by atoms with E-state index >= 15 is 0 Å². The maximum absolute atomic E-state index is 11.5. The molecule has 29 heavy (non-hydrogen) atoms. The molecule has 0 aromatic heterocycles. The van der Waals surface area contributed by atoms with Gasteiger partial charge in [0.15, 0.2) is 5.96 Å². The zero-order valence-corrected chi connectivity index (χ0v) is 20.5. The van der Waals surface area contributed by atoms with Crippen LogP contribution in [0.2, 0.25) is 5.02 Å². The van der Waals surface area contributed by atoms with Gasteiger partial charge in [0.25, 0.3) is 0 Å². The van der Waals surface area contributed by atoms with Gasteiger partial charge < -0.3 is 20.7 Å². The highest BCUT2D eigenvalue weighted by Crippen LogP contribution is 2.18. The Morgan fingerprint density at radius 2 is 2.10 bits per heavy atom. The number of nitrogens with zero attached hydrogens (tertiary/aromatic N) is 2. The molecule has 9 heteroatoms. The van der Waals surface area contributed by atoms with Crippen LogP contribution in [-0.4, -0.2) is 68.7 Å². The van der Waals surface area contributed by atoms with Crippen molar-refractivity contribution in [2.45, 2.75) is 38.8 Å². The lowest BCUT2D eigenvalue weighted by Crippen LogP contribution is -2.50. The molecule has 0 saturated carbocycles. The summed E-state index contributed by atoms with van der Waals surface area (Å²) in [6, 6.07) is 7.74. The molecule has 1 fully saturated rings. The van der Waals surface area contributed by atoms with E-state index in [1.807, 2.05) is 25.1 Å².